The number of anilines is 1. The van der Waals surface area contributed by atoms with Crippen molar-refractivity contribution < 1.29 is 22.3 Å². The number of sulfonamides is 1. The van der Waals surface area contributed by atoms with Crippen molar-refractivity contribution >= 4 is 21.6 Å². The normalized spacial score (nSPS) is 19.6. The van der Waals surface area contributed by atoms with Crippen LogP contribution in [-0.2, 0) is 19.6 Å². The molecule has 1 atom stereocenters. The van der Waals surface area contributed by atoms with Crippen molar-refractivity contribution in [3.8, 4) is 0 Å². The van der Waals surface area contributed by atoms with Gasteiger partial charge in [0.05, 0.1) is 18.2 Å². The maximum absolute atomic E-state index is 13.2. The molecule has 0 aliphatic carbocycles. The number of carbonyl (C=O) groups excluding carboxylic acids is 1. The van der Waals surface area contributed by atoms with Gasteiger partial charge in [-0.3, -0.25) is 4.79 Å². The lowest BCUT2D eigenvalue weighted by atomic mass is 10.0. The van der Waals surface area contributed by atoms with Gasteiger partial charge in [0.2, 0.25) is 15.9 Å². The Hall–Kier alpha value is -1.51. The van der Waals surface area contributed by atoms with E-state index in [0.717, 1.165) is 24.6 Å². The van der Waals surface area contributed by atoms with Gasteiger partial charge >= 0.3 is 0 Å². The molecule has 1 aliphatic heterocycles. The number of nitrogens with one attached hydrogen (secondary N) is 1. The van der Waals surface area contributed by atoms with Crippen molar-refractivity contribution in [1.29, 1.82) is 0 Å². The fraction of sp³-hybridized carbons (Fsp3) is 0.417. The molecule has 20 heavy (non-hydrogen) atoms. The van der Waals surface area contributed by atoms with Crippen molar-refractivity contribution in [2.75, 3.05) is 18.5 Å². The Morgan fingerprint density at radius 3 is 2.80 bits per heavy atom. The SMILES string of the molecule is NS(=O)(=O)c1ccc(F)cc1NC(=O)C1CCCOC1. The van der Waals surface area contributed by atoms with Gasteiger partial charge in [0.1, 0.15) is 10.7 Å². The van der Waals surface area contributed by atoms with Gasteiger partial charge in [-0.25, -0.2) is 17.9 Å². The summed E-state index contributed by atoms with van der Waals surface area (Å²) in [5, 5.41) is 7.45. The van der Waals surface area contributed by atoms with E-state index in [9.17, 15) is 17.6 Å². The maximum atomic E-state index is 13.2. The first-order chi connectivity index (χ1) is 9.38. The minimum atomic E-state index is -4.04. The highest BCUT2D eigenvalue weighted by Crippen LogP contribution is 2.23. The molecule has 1 amide bonds. The summed E-state index contributed by atoms with van der Waals surface area (Å²) in [5.41, 5.74) is -0.150. The van der Waals surface area contributed by atoms with Gasteiger partial charge in [0, 0.05) is 6.61 Å². The molecule has 2 rings (SSSR count). The number of hydrogen-bond acceptors (Lipinski definition) is 4. The van der Waals surface area contributed by atoms with E-state index < -0.39 is 21.7 Å². The summed E-state index contributed by atoms with van der Waals surface area (Å²) < 4.78 is 41.2. The van der Waals surface area contributed by atoms with E-state index in [1.54, 1.807) is 0 Å². The minimum absolute atomic E-state index is 0.150. The fourth-order valence-corrected chi connectivity index (χ4v) is 2.70. The van der Waals surface area contributed by atoms with Gasteiger partial charge in [0.15, 0.2) is 0 Å². The second-order valence-electron chi connectivity index (χ2n) is 4.59. The van der Waals surface area contributed by atoms with Crippen molar-refractivity contribution in [3.05, 3.63) is 24.0 Å². The van der Waals surface area contributed by atoms with Gasteiger partial charge in [-0.15, -0.1) is 0 Å². The standard InChI is InChI=1S/C12H15FN2O4S/c13-9-3-4-11(20(14,17)18)10(6-9)15-12(16)8-2-1-5-19-7-8/h3-4,6,8H,1-2,5,7H2,(H,15,16)(H2,14,17,18). The summed E-state index contributed by atoms with van der Waals surface area (Å²) in [4.78, 5) is 11.7. The molecular formula is C12H15FN2O4S. The van der Waals surface area contributed by atoms with Crippen LogP contribution in [0.15, 0.2) is 23.1 Å². The molecule has 1 aliphatic rings. The number of hydrogen-bond donors (Lipinski definition) is 2. The molecule has 3 N–H and O–H groups in total. The highest BCUT2D eigenvalue weighted by Gasteiger charge is 2.24. The Balaban J connectivity index is 2.23. The monoisotopic (exact) mass is 302 g/mol. The molecule has 110 valence electrons. The summed E-state index contributed by atoms with van der Waals surface area (Å²) in [7, 11) is -4.04. The van der Waals surface area contributed by atoms with Gasteiger partial charge in [-0.05, 0) is 31.0 Å². The number of halogens is 1. The van der Waals surface area contributed by atoms with Crippen molar-refractivity contribution in [3.63, 3.8) is 0 Å². The van der Waals surface area contributed by atoms with Crippen LogP contribution in [0.2, 0.25) is 0 Å². The van der Waals surface area contributed by atoms with Crippen LogP contribution >= 0.6 is 0 Å². The van der Waals surface area contributed by atoms with Crippen LogP contribution in [0.4, 0.5) is 10.1 Å². The number of amides is 1. The number of carbonyl (C=O) groups is 1. The molecular weight excluding hydrogens is 287 g/mol. The smallest absolute Gasteiger partial charge is 0.240 e. The molecule has 1 saturated heterocycles. The second kappa shape index (κ2) is 5.86. The summed E-state index contributed by atoms with van der Waals surface area (Å²) in [6.07, 6.45) is 1.40. The van der Waals surface area contributed by atoms with E-state index in [1.165, 1.54) is 0 Å². The quantitative estimate of drug-likeness (QED) is 0.864. The summed E-state index contributed by atoms with van der Waals surface area (Å²) >= 11 is 0. The molecule has 6 nitrogen and oxygen atoms in total. The predicted molar refractivity (Wildman–Crippen MR) is 69.9 cm³/mol. The molecule has 0 bridgehead atoms. The zero-order chi connectivity index (χ0) is 14.8. The van der Waals surface area contributed by atoms with E-state index in [2.05, 4.69) is 5.32 Å². The molecule has 0 radical (unpaired) electrons. The van der Waals surface area contributed by atoms with Gasteiger partial charge < -0.3 is 10.1 Å². The van der Waals surface area contributed by atoms with E-state index in [1.807, 2.05) is 0 Å². The van der Waals surface area contributed by atoms with Gasteiger partial charge in [0.25, 0.3) is 0 Å². The van der Waals surface area contributed by atoms with Crippen molar-refractivity contribution in [2.24, 2.45) is 11.1 Å². The third-order valence-electron chi connectivity index (χ3n) is 3.04. The van der Waals surface area contributed by atoms with E-state index in [0.29, 0.717) is 13.0 Å². The first-order valence-electron chi connectivity index (χ1n) is 6.09. The first-order valence-corrected chi connectivity index (χ1v) is 7.63. The Labute approximate surface area is 116 Å². The summed E-state index contributed by atoms with van der Waals surface area (Å²) in [6, 6.07) is 2.93. The molecule has 1 aromatic rings. The minimum Gasteiger partial charge on any atom is -0.381 e. The highest BCUT2D eigenvalue weighted by atomic mass is 32.2. The predicted octanol–water partition coefficient (Wildman–Crippen LogP) is 0.838. The third-order valence-corrected chi connectivity index (χ3v) is 4.01. The van der Waals surface area contributed by atoms with Crippen molar-refractivity contribution in [1.82, 2.24) is 0 Å². The number of primary sulfonamides is 1. The second-order valence-corrected chi connectivity index (χ2v) is 6.12. The molecule has 0 spiro atoms. The first kappa shape index (κ1) is 14.9. The maximum Gasteiger partial charge on any atom is 0.240 e. The van der Waals surface area contributed by atoms with E-state index >= 15 is 0 Å². The van der Waals surface area contributed by atoms with Gasteiger partial charge in [-0.1, -0.05) is 0 Å². The van der Waals surface area contributed by atoms with E-state index in [-0.39, 0.29) is 23.1 Å². The largest absolute Gasteiger partial charge is 0.381 e. The molecule has 1 unspecified atom stereocenters. The number of rotatable bonds is 3. The fourth-order valence-electron chi connectivity index (χ4n) is 2.03. The number of ether oxygens (including phenoxy) is 1. The van der Waals surface area contributed by atoms with Crippen LogP contribution in [0, 0.1) is 11.7 Å². The van der Waals surface area contributed by atoms with Crippen LogP contribution in [0.1, 0.15) is 12.8 Å². The van der Waals surface area contributed by atoms with Gasteiger partial charge in [-0.2, -0.15) is 0 Å². The number of nitrogens with two attached hydrogens (primary N) is 1. The Morgan fingerprint density at radius 1 is 1.45 bits per heavy atom. The van der Waals surface area contributed by atoms with Crippen LogP contribution in [0.25, 0.3) is 0 Å². The molecule has 0 aromatic heterocycles. The van der Waals surface area contributed by atoms with Crippen LogP contribution in [0.3, 0.4) is 0 Å². The van der Waals surface area contributed by atoms with Crippen molar-refractivity contribution in [2.45, 2.75) is 17.7 Å². The molecule has 1 heterocycles. The molecule has 8 heteroatoms. The summed E-state index contributed by atoms with van der Waals surface area (Å²) in [5.74, 6) is -1.44. The lowest BCUT2D eigenvalue weighted by Gasteiger charge is -2.21. The topological polar surface area (TPSA) is 98.5 Å². The Bertz CT molecular complexity index is 612. The lowest BCUT2D eigenvalue weighted by molar-refractivity contribution is -0.123. The van der Waals surface area contributed by atoms with Crippen LogP contribution in [0.5, 0.6) is 0 Å². The number of benzene rings is 1. The average Bonchev–Trinajstić information content (AvgIpc) is 2.38. The van der Waals surface area contributed by atoms with Crippen LogP contribution in [-0.4, -0.2) is 27.5 Å². The molecule has 0 saturated carbocycles. The zero-order valence-electron chi connectivity index (χ0n) is 10.6. The summed E-state index contributed by atoms with van der Waals surface area (Å²) in [6.45, 7) is 0.873. The zero-order valence-corrected chi connectivity index (χ0v) is 11.5. The lowest BCUT2D eigenvalue weighted by Crippen LogP contribution is -2.31. The molecule has 1 fully saturated rings. The highest BCUT2D eigenvalue weighted by molar-refractivity contribution is 7.89. The average molecular weight is 302 g/mol. The van der Waals surface area contributed by atoms with Crippen LogP contribution < -0.4 is 10.5 Å². The Morgan fingerprint density at radius 2 is 2.20 bits per heavy atom. The Kier molecular flexibility index (Phi) is 4.36. The third kappa shape index (κ3) is 3.53. The molecule has 1 aromatic carbocycles. The van der Waals surface area contributed by atoms with E-state index in [4.69, 9.17) is 9.88 Å².